The highest BCUT2D eigenvalue weighted by molar-refractivity contribution is 6.14. The van der Waals surface area contributed by atoms with Crippen LogP contribution >= 0.6 is 0 Å². The van der Waals surface area contributed by atoms with Crippen molar-refractivity contribution < 1.29 is 0 Å². The zero-order valence-electron chi connectivity index (χ0n) is 29.1. The average Bonchev–Trinajstić information content (AvgIpc) is 3.74. The largest absolute Gasteiger partial charge is 0.309 e. The van der Waals surface area contributed by atoms with Crippen LogP contribution in [0.25, 0.3) is 83.6 Å². The Morgan fingerprint density at radius 3 is 1.74 bits per heavy atom. The predicted octanol–water partition coefficient (Wildman–Crippen LogP) is 11.8. The molecule has 1 spiro atoms. The summed E-state index contributed by atoms with van der Waals surface area (Å²) < 4.78 is 2.48. The van der Waals surface area contributed by atoms with Gasteiger partial charge >= 0.3 is 0 Å². The first-order valence-electron chi connectivity index (χ1n) is 18.5. The topological polar surface area (TPSA) is 43.6 Å². The van der Waals surface area contributed by atoms with Crippen molar-refractivity contribution in [3.63, 3.8) is 0 Å². The smallest absolute Gasteiger partial charge is 0.164 e. The van der Waals surface area contributed by atoms with E-state index in [1.165, 1.54) is 66.3 Å². The number of rotatable bonds is 3. The van der Waals surface area contributed by atoms with Crippen molar-refractivity contribution in [2.24, 2.45) is 0 Å². The summed E-state index contributed by atoms with van der Waals surface area (Å²) in [7, 11) is 0. The first-order valence-corrected chi connectivity index (χ1v) is 18.5. The molecule has 4 heteroatoms. The molecule has 0 fully saturated rings. The van der Waals surface area contributed by atoms with E-state index in [1.807, 2.05) is 18.2 Å². The molecule has 2 aliphatic rings. The van der Waals surface area contributed by atoms with Gasteiger partial charge in [-0.15, -0.1) is 0 Å². The fourth-order valence-electron chi connectivity index (χ4n) is 9.39. The van der Waals surface area contributed by atoms with Gasteiger partial charge < -0.3 is 4.57 Å². The van der Waals surface area contributed by atoms with E-state index in [-0.39, 0.29) is 0 Å². The molecule has 250 valence electrons. The summed E-state index contributed by atoms with van der Waals surface area (Å²) in [6.45, 7) is 0. The van der Waals surface area contributed by atoms with Gasteiger partial charge in [0, 0.05) is 27.5 Å². The van der Waals surface area contributed by atoms with Crippen molar-refractivity contribution in [1.29, 1.82) is 0 Å². The van der Waals surface area contributed by atoms with Crippen molar-refractivity contribution in [2.75, 3.05) is 0 Å². The Hall–Kier alpha value is -7.17. The Labute approximate surface area is 311 Å². The maximum absolute atomic E-state index is 5.31. The van der Waals surface area contributed by atoms with Crippen LogP contribution in [0.5, 0.6) is 0 Å². The summed E-state index contributed by atoms with van der Waals surface area (Å²) in [6, 6.07) is 65.5. The number of para-hydroxylation sites is 2. The Kier molecular flexibility index (Phi) is 5.95. The molecule has 0 atom stereocenters. The van der Waals surface area contributed by atoms with E-state index in [0.717, 1.165) is 22.1 Å². The zero-order chi connectivity index (χ0) is 35.4. The SMILES string of the molecule is c1ccc(-c2nc(-c3ccc4ccccc4c3)nc(-c3cc4c5c(c3)c3ccccc3n5-c3ccccc3C43c4ccccc4-c4ccccc43)n2)cc1. The Morgan fingerprint density at radius 2 is 0.963 bits per heavy atom. The summed E-state index contributed by atoms with van der Waals surface area (Å²) in [6.07, 6.45) is 0. The van der Waals surface area contributed by atoms with Crippen LogP contribution in [-0.4, -0.2) is 19.5 Å². The van der Waals surface area contributed by atoms with Gasteiger partial charge in [0.2, 0.25) is 0 Å². The predicted molar refractivity (Wildman–Crippen MR) is 219 cm³/mol. The zero-order valence-corrected chi connectivity index (χ0v) is 29.1. The molecular formula is C50H30N4. The van der Waals surface area contributed by atoms with Gasteiger partial charge in [-0.3, -0.25) is 0 Å². The monoisotopic (exact) mass is 686 g/mol. The molecule has 0 amide bonds. The molecule has 0 saturated heterocycles. The minimum absolute atomic E-state index is 0.557. The maximum atomic E-state index is 5.31. The lowest BCUT2D eigenvalue weighted by Crippen LogP contribution is -2.33. The molecule has 8 aromatic carbocycles. The Bertz CT molecular complexity index is 3130. The second-order valence-electron chi connectivity index (χ2n) is 14.4. The van der Waals surface area contributed by atoms with Crippen molar-refractivity contribution in [3.8, 4) is 51.0 Å². The van der Waals surface area contributed by atoms with Crippen molar-refractivity contribution in [2.45, 2.75) is 5.41 Å². The van der Waals surface area contributed by atoms with Gasteiger partial charge in [0.25, 0.3) is 0 Å². The van der Waals surface area contributed by atoms with E-state index < -0.39 is 5.41 Å². The summed E-state index contributed by atoms with van der Waals surface area (Å²) >= 11 is 0. The molecule has 12 rings (SSSR count). The number of hydrogen-bond acceptors (Lipinski definition) is 3. The van der Waals surface area contributed by atoms with Crippen LogP contribution in [0.2, 0.25) is 0 Å². The molecule has 1 aliphatic heterocycles. The number of aromatic nitrogens is 4. The molecule has 4 nitrogen and oxygen atoms in total. The Morgan fingerprint density at radius 1 is 0.370 bits per heavy atom. The van der Waals surface area contributed by atoms with Gasteiger partial charge in [0.05, 0.1) is 22.1 Å². The summed E-state index contributed by atoms with van der Waals surface area (Å²) in [5.74, 6) is 1.95. The third-order valence-corrected chi connectivity index (χ3v) is 11.6. The van der Waals surface area contributed by atoms with E-state index >= 15 is 0 Å². The van der Waals surface area contributed by atoms with Gasteiger partial charge in [-0.2, -0.15) is 0 Å². The minimum atomic E-state index is -0.557. The normalized spacial score (nSPS) is 13.3. The van der Waals surface area contributed by atoms with E-state index in [9.17, 15) is 0 Å². The van der Waals surface area contributed by atoms with E-state index in [0.29, 0.717) is 17.5 Å². The third kappa shape index (κ3) is 3.89. The second-order valence-corrected chi connectivity index (χ2v) is 14.4. The third-order valence-electron chi connectivity index (χ3n) is 11.6. The molecule has 0 unspecified atom stereocenters. The lowest BCUT2D eigenvalue weighted by Gasteiger charge is -2.39. The first-order chi connectivity index (χ1) is 26.8. The van der Waals surface area contributed by atoms with Crippen LogP contribution in [0, 0.1) is 0 Å². The van der Waals surface area contributed by atoms with E-state index in [2.05, 4.69) is 168 Å². The highest BCUT2D eigenvalue weighted by Gasteiger charge is 2.50. The van der Waals surface area contributed by atoms with Crippen molar-refractivity contribution in [3.05, 3.63) is 204 Å². The van der Waals surface area contributed by atoms with Crippen LogP contribution in [-0.2, 0) is 5.41 Å². The molecule has 1 aliphatic carbocycles. The highest BCUT2D eigenvalue weighted by atomic mass is 15.0. The minimum Gasteiger partial charge on any atom is -0.309 e. The second kappa shape index (κ2) is 10.9. The van der Waals surface area contributed by atoms with E-state index in [1.54, 1.807) is 0 Å². The lowest BCUT2D eigenvalue weighted by molar-refractivity contribution is 0.748. The molecule has 0 bridgehead atoms. The number of hydrogen-bond donors (Lipinski definition) is 0. The van der Waals surface area contributed by atoms with Gasteiger partial charge in [0.1, 0.15) is 0 Å². The fraction of sp³-hybridized carbons (Fsp3) is 0.0200. The molecule has 3 heterocycles. The standard InChI is InChI=1S/C50H30N4/c1-2-15-32(16-3-1)47-51-48(34-27-26-31-14-4-5-17-33(31)28-34)53-49(52-47)35-29-39-38-20-8-12-24-44(38)54-45-25-13-11-23-42(45)50(43(30-35)46(39)54)40-21-9-6-18-36(40)37-19-7-10-22-41(37)50/h1-30H. The lowest BCUT2D eigenvalue weighted by atomic mass is 9.65. The number of fused-ring (bicyclic) bond motifs is 13. The van der Waals surface area contributed by atoms with Gasteiger partial charge in [-0.05, 0) is 74.5 Å². The first kappa shape index (κ1) is 29.4. The molecule has 10 aromatic rings. The molecule has 0 N–H and O–H groups in total. The molecular weight excluding hydrogens is 657 g/mol. The van der Waals surface area contributed by atoms with E-state index in [4.69, 9.17) is 15.0 Å². The van der Waals surface area contributed by atoms with Crippen LogP contribution in [0.15, 0.2) is 182 Å². The van der Waals surface area contributed by atoms with Crippen molar-refractivity contribution in [1.82, 2.24) is 19.5 Å². The van der Waals surface area contributed by atoms with Crippen LogP contribution in [0.4, 0.5) is 0 Å². The average molecular weight is 687 g/mol. The van der Waals surface area contributed by atoms with Gasteiger partial charge in [0.15, 0.2) is 17.5 Å². The van der Waals surface area contributed by atoms with Crippen molar-refractivity contribution >= 4 is 32.6 Å². The summed E-state index contributed by atoms with van der Waals surface area (Å²) in [5, 5.41) is 4.72. The number of benzene rings is 8. The van der Waals surface area contributed by atoms with Crippen LogP contribution < -0.4 is 0 Å². The quantitative estimate of drug-likeness (QED) is 0.186. The molecule has 54 heavy (non-hydrogen) atoms. The maximum Gasteiger partial charge on any atom is 0.164 e. The summed E-state index contributed by atoms with van der Waals surface area (Å²) in [5.41, 5.74) is 13.6. The van der Waals surface area contributed by atoms with Crippen LogP contribution in [0.1, 0.15) is 22.3 Å². The Balaban J connectivity index is 1.22. The molecule has 0 radical (unpaired) electrons. The van der Waals surface area contributed by atoms with Gasteiger partial charge in [-0.1, -0.05) is 152 Å². The fourth-order valence-corrected chi connectivity index (χ4v) is 9.39. The van der Waals surface area contributed by atoms with Crippen LogP contribution in [0.3, 0.4) is 0 Å². The number of nitrogens with zero attached hydrogens (tertiary/aromatic N) is 4. The summed E-state index contributed by atoms with van der Waals surface area (Å²) in [4.78, 5) is 15.7. The molecule has 2 aromatic heterocycles. The highest BCUT2D eigenvalue weighted by Crippen LogP contribution is 2.61. The van der Waals surface area contributed by atoms with Gasteiger partial charge in [-0.25, -0.2) is 15.0 Å². The molecule has 0 saturated carbocycles.